The van der Waals surface area contributed by atoms with E-state index in [1.54, 1.807) is 0 Å². The van der Waals surface area contributed by atoms with Crippen molar-refractivity contribution in [3.63, 3.8) is 0 Å². The van der Waals surface area contributed by atoms with E-state index in [4.69, 9.17) is 0 Å². The molecule has 6 heteroatoms. The van der Waals surface area contributed by atoms with Crippen molar-refractivity contribution in [2.24, 2.45) is 4.99 Å². The smallest absolute Gasteiger partial charge is 0.200 e. The van der Waals surface area contributed by atoms with Crippen LogP contribution in [0, 0.1) is 0 Å². The minimum atomic E-state index is -2.47. The highest BCUT2D eigenvalue weighted by Gasteiger charge is 2.22. The van der Waals surface area contributed by atoms with Gasteiger partial charge in [0, 0.05) is 0 Å². The largest absolute Gasteiger partial charge is 0.295 e. The number of alkyl halides is 1. The van der Waals surface area contributed by atoms with Gasteiger partial charge in [0.1, 0.15) is 0 Å². The van der Waals surface area contributed by atoms with Gasteiger partial charge in [-0.25, -0.2) is 4.39 Å². The minimum Gasteiger partial charge on any atom is -0.200 e. The highest BCUT2D eigenvalue weighted by atomic mass is 19.2. The monoisotopic (exact) mass is 154 g/mol. The lowest BCUT2D eigenvalue weighted by Crippen LogP contribution is -2.22. The normalized spacial score (nSPS) is 26.0. The Bertz CT molecular complexity index is 177. The summed E-state index contributed by atoms with van der Waals surface area (Å²) >= 11 is 0. The van der Waals surface area contributed by atoms with Gasteiger partial charge in [-0.2, -0.15) is 18.9 Å². The Morgan fingerprint density at radius 3 is 2.60 bits per heavy atom. The molecule has 56 valence electrons. The summed E-state index contributed by atoms with van der Waals surface area (Å²) in [6.07, 6.45) is -2.42. The zero-order valence-corrected chi connectivity index (χ0v) is 4.56. The number of halogens is 4. The molecule has 0 aromatic rings. The van der Waals surface area contributed by atoms with Gasteiger partial charge in [-0.15, -0.1) is 0 Å². The van der Waals surface area contributed by atoms with Gasteiger partial charge < -0.3 is 0 Å². The summed E-state index contributed by atoms with van der Waals surface area (Å²) in [4.78, 5) is 2.34. The quantitative estimate of drug-likeness (QED) is 0.294. The number of hydrogen-bond acceptors (Lipinski definition) is 2. The van der Waals surface area contributed by atoms with Crippen molar-refractivity contribution in [3.8, 4) is 0 Å². The van der Waals surface area contributed by atoms with E-state index in [2.05, 4.69) is 4.99 Å². The first-order chi connectivity index (χ1) is 4.61. The lowest BCUT2D eigenvalue weighted by Gasteiger charge is -2.13. The van der Waals surface area contributed by atoms with E-state index in [0.717, 1.165) is 0 Å². The van der Waals surface area contributed by atoms with E-state index >= 15 is 0 Å². The average molecular weight is 154 g/mol. The van der Waals surface area contributed by atoms with E-state index in [9.17, 15) is 17.7 Å². The van der Waals surface area contributed by atoms with Crippen LogP contribution in [0.5, 0.6) is 0 Å². The van der Waals surface area contributed by atoms with E-state index in [-0.39, 0.29) is 6.20 Å². The molecule has 1 atom stereocenters. The molecule has 2 nitrogen and oxygen atoms in total. The summed E-state index contributed by atoms with van der Waals surface area (Å²) in [5.74, 6) is -3.14. The summed E-state index contributed by atoms with van der Waals surface area (Å²) in [7, 11) is 0. The highest BCUT2D eigenvalue weighted by Crippen LogP contribution is 2.16. The number of rotatable bonds is 0. The summed E-state index contributed by atoms with van der Waals surface area (Å²) < 4.78 is 47.6. The second-order valence-corrected chi connectivity index (χ2v) is 1.55. The molecule has 1 heterocycles. The third-order valence-corrected chi connectivity index (χ3v) is 0.857. The average Bonchev–Trinajstić information content (AvgIpc) is 1.84. The Kier molecular flexibility index (Phi) is 1.60. The van der Waals surface area contributed by atoms with Crippen molar-refractivity contribution in [2.75, 3.05) is 0 Å². The fourth-order valence-corrected chi connectivity index (χ4v) is 0.433. The molecule has 0 bridgehead atoms. The third kappa shape index (κ3) is 1.09. The second kappa shape index (κ2) is 2.28. The Morgan fingerprint density at radius 2 is 2.10 bits per heavy atom. The zero-order valence-electron chi connectivity index (χ0n) is 4.56. The molecule has 0 fully saturated rings. The lowest BCUT2D eigenvalue weighted by atomic mass is 10.5. The van der Waals surface area contributed by atoms with Crippen LogP contribution in [-0.4, -0.2) is 17.5 Å². The van der Waals surface area contributed by atoms with Crippen LogP contribution in [0.2, 0.25) is 0 Å². The van der Waals surface area contributed by atoms with Crippen LogP contribution in [0.4, 0.5) is 17.7 Å². The molecule has 0 N–H and O–H groups in total. The maximum Gasteiger partial charge on any atom is 0.295 e. The molecule has 1 aliphatic rings. The standard InChI is InChI=1S/C4H2F4N2/c5-2-1-10(8)4(7)9-3(2)6/h1,4H. The van der Waals surface area contributed by atoms with Crippen LogP contribution in [0.1, 0.15) is 0 Å². The molecule has 10 heavy (non-hydrogen) atoms. The van der Waals surface area contributed by atoms with Crippen LogP contribution < -0.4 is 0 Å². The van der Waals surface area contributed by atoms with Gasteiger partial charge in [0.25, 0.3) is 6.42 Å². The van der Waals surface area contributed by atoms with Crippen molar-refractivity contribution in [2.45, 2.75) is 6.42 Å². The Balaban J connectivity index is 2.83. The van der Waals surface area contributed by atoms with Crippen molar-refractivity contribution in [3.05, 3.63) is 12.0 Å². The van der Waals surface area contributed by atoms with Gasteiger partial charge in [0.15, 0.2) is 5.83 Å². The van der Waals surface area contributed by atoms with Crippen molar-refractivity contribution in [1.82, 2.24) is 5.12 Å². The highest BCUT2D eigenvalue weighted by molar-refractivity contribution is 5.90. The van der Waals surface area contributed by atoms with Crippen molar-refractivity contribution >= 4 is 5.97 Å². The third-order valence-electron chi connectivity index (χ3n) is 0.857. The van der Waals surface area contributed by atoms with Gasteiger partial charge >= 0.3 is 0 Å². The van der Waals surface area contributed by atoms with Crippen LogP contribution in [0.15, 0.2) is 17.0 Å². The molecular weight excluding hydrogens is 152 g/mol. The maximum absolute atomic E-state index is 11.9. The molecule has 0 aromatic carbocycles. The summed E-state index contributed by atoms with van der Waals surface area (Å²) in [6.45, 7) is 0. The first kappa shape index (κ1) is 7.04. The molecule has 0 aromatic heterocycles. The van der Waals surface area contributed by atoms with Gasteiger partial charge in [-0.05, 0) is 0 Å². The van der Waals surface area contributed by atoms with Crippen LogP contribution in [0.25, 0.3) is 0 Å². The SMILES string of the molecule is FC1=CN(F)C(F)N=C1F. The van der Waals surface area contributed by atoms with E-state index in [1.807, 2.05) is 0 Å². The molecule has 1 rings (SSSR count). The molecule has 0 aliphatic carbocycles. The van der Waals surface area contributed by atoms with Crippen LogP contribution in [0.3, 0.4) is 0 Å². The Morgan fingerprint density at radius 1 is 1.50 bits per heavy atom. The van der Waals surface area contributed by atoms with Crippen LogP contribution in [-0.2, 0) is 0 Å². The Labute approximate surface area is 53.4 Å². The van der Waals surface area contributed by atoms with E-state index in [1.165, 1.54) is 0 Å². The van der Waals surface area contributed by atoms with Gasteiger partial charge in [0.2, 0.25) is 5.97 Å². The molecule has 0 saturated carbocycles. The number of nitrogens with zero attached hydrogens (tertiary/aromatic N) is 2. The minimum absolute atomic E-state index is 0.0486. The molecule has 0 saturated heterocycles. The molecule has 1 aliphatic heterocycles. The predicted octanol–water partition coefficient (Wildman–Crippen LogP) is 1.62. The predicted molar refractivity (Wildman–Crippen MR) is 25.6 cm³/mol. The van der Waals surface area contributed by atoms with Crippen molar-refractivity contribution < 1.29 is 17.7 Å². The fourth-order valence-electron chi connectivity index (χ4n) is 0.433. The second-order valence-electron chi connectivity index (χ2n) is 1.55. The van der Waals surface area contributed by atoms with Gasteiger partial charge in [-0.3, -0.25) is 0 Å². The maximum atomic E-state index is 11.9. The van der Waals surface area contributed by atoms with Crippen molar-refractivity contribution in [1.29, 1.82) is 0 Å². The van der Waals surface area contributed by atoms with Crippen LogP contribution >= 0.6 is 0 Å². The molecule has 1 unspecified atom stereocenters. The van der Waals surface area contributed by atoms with Gasteiger partial charge in [0.05, 0.1) is 6.20 Å². The topological polar surface area (TPSA) is 15.6 Å². The van der Waals surface area contributed by atoms with E-state index in [0.29, 0.717) is 0 Å². The molecule has 0 radical (unpaired) electrons. The number of hydrogen-bond donors (Lipinski definition) is 0. The van der Waals surface area contributed by atoms with E-state index < -0.39 is 23.3 Å². The number of aliphatic imine (C=N–C) groups is 1. The molecular formula is C4H2F4N2. The fraction of sp³-hybridized carbons (Fsp3) is 0.250. The first-order valence-electron chi connectivity index (χ1n) is 2.30. The summed E-state index contributed by atoms with van der Waals surface area (Å²) in [6, 6.07) is 0. The summed E-state index contributed by atoms with van der Waals surface area (Å²) in [5, 5.41) is -0.668. The zero-order chi connectivity index (χ0) is 7.72. The molecule has 0 spiro atoms. The molecule has 0 amide bonds. The Hall–Kier alpha value is -1.07. The van der Waals surface area contributed by atoms with Gasteiger partial charge in [-0.1, -0.05) is 4.48 Å². The first-order valence-corrected chi connectivity index (χ1v) is 2.30. The summed E-state index contributed by atoms with van der Waals surface area (Å²) in [5.41, 5.74) is 0. The lowest BCUT2D eigenvalue weighted by molar-refractivity contribution is -0.0316. The number of allylic oxidation sites excluding steroid dienone is 1.